The van der Waals surface area contributed by atoms with Gasteiger partial charge in [0.25, 0.3) is 0 Å². The second-order valence-electron chi connectivity index (χ2n) is 4.00. The molecule has 0 unspecified atom stereocenters. The molecule has 0 spiro atoms. The summed E-state index contributed by atoms with van der Waals surface area (Å²) in [5, 5.41) is 21.5. The molecule has 0 bridgehead atoms. The molecule has 7 heteroatoms. The summed E-state index contributed by atoms with van der Waals surface area (Å²) in [5.41, 5.74) is 5.31. The molecule has 5 N–H and O–H groups in total. The fraction of sp³-hybridized carbons (Fsp3) is 0.900. The lowest BCUT2D eigenvalue weighted by atomic mass is 10.0. The normalized spacial score (nSPS) is 33.4. The maximum absolute atomic E-state index is 11.0. The highest BCUT2D eigenvalue weighted by Crippen LogP contribution is 2.21. The molecule has 7 nitrogen and oxygen atoms in total. The van der Waals surface area contributed by atoms with Crippen molar-refractivity contribution >= 4 is 5.91 Å². The summed E-state index contributed by atoms with van der Waals surface area (Å²) in [6, 6.07) is -0.637. The van der Waals surface area contributed by atoms with Crippen molar-refractivity contribution in [3.63, 3.8) is 0 Å². The minimum atomic E-state index is -0.812. The van der Waals surface area contributed by atoms with E-state index < -0.39 is 24.5 Å². The molecule has 1 rings (SSSR count). The van der Waals surface area contributed by atoms with Gasteiger partial charge in [0.05, 0.1) is 25.4 Å². The van der Waals surface area contributed by atoms with Gasteiger partial charge < -0.3 is 30.7 Å². The van der Waals surface area contributed by atoms with Crippen molar-refractivity contribution in [3.05, 3.63) is 0 Å². The van der Waals surface area contributed by atoms with E-state index >= 15 is 0 Å². The smallest absolute Gasteiger partial charge is 0.217 e. The molecule has 0 saturated carbocycles. The third kappa shape index (κ3) is 4.21. The first-order chi connectivity index (χ1) is 8.08. The molecule has 17 heavy (non-hydrogen) atoms. The van der Waals surface area contributed by atoms with Gasteiger partial charge in [0.15, 0.2) is 6.29 Å². The van der Waals surface area contributed by atoms with Gasteiger partial charge in [-0.05, 0) is 0 Å². The van der Waals surface area contributed by atoms with Crippen LogP contribution in [0.5, 0.6) is 0 Å². The van der Waals surface area contributed by atoms with Crippen LogP contribution in [0.1, 0.15) is 13.3 Å². The molecule has 1 aliphatic heterocycles. The monoisotopic (exact) mass is 248 g/mol. The van der Waals surface area contributed by atoms with Gasteiger partial charge in [0, 0.05) is 19.9 Å². The maximum Gasteiger partial charge on any atom is 0.217 e. The van der Waals surface area contributed by atoms with Crippen molar-refractivity contribution in [2.24, 2.45) is 5.73 Å². The number of nitrogens with one attached hydrogen (secondary N) is 1. The van der Waals surface area contributed by atoms with Crippen molar-refractivity contribution in [3.8, 4) is 0 Å². The first kappa shape index (κ1) is 14.3. The van der Waals surface area contributed by atoms with E-state index in [0.29, 0.717) is 6.54 Å². The standard InChI is InChI=1S/C10H20N2O5/c1-6(14)12-9-8(15)4-7(5-13)17-10(9)16-3-2-11/h7-10,13,15H,2-5,11H2,1H3,(H,12,14)/t7-,8-,9+,10+/m0/s1. The molecule has 1 saturated heterocycles. The number of amides is 1. The van der Waals surface area contributed by atoms with Crippen LogP contribution < -0.4 is 11.1 Å². The summed E-state index contributed by atoms with van der Waals surface area (Å²) in [4.78, 5) is 11.0. The second-order valence-corrected chi connectivity index (χ2v) is 4.00. The zero-order valence-electron chi connectivity index (χ0n) is 9.83. The average Bonchev–Trinajstić information content (AvgIpc) is 2.29. The van der Waals surface area contributed by atoms with Crippen LogP contribution in [-0.4, -0.2) is 60.4 Å². The Hall–Kier alpha value is -0.730. The van der Waals surface area contributed by atoms with Crippen LogP contribution in [0.4, 0.5) is 0 Å². The van der Waals surface area contributed by atoms with Crippen molar-refractivity contribution in [1.29, 1.82) is 0 Å². The van der Waals surface area contributed by atoms with Gasteiger partial charge in [-0.2, -0.15) is 0 Å². The largest absolute Gasteiger partial charge is 0.394 e. The van der Waals surface area contributed by atoms with Crippen LogP contribution in [0.15, 0.2) is 0 Å². The molecule has 4 atom stereocenters. The maximum atomic E-state index is 11.0. The van der Waals surface area contributed by atoms with Crippen LogP contribution in [-0.2, 0) is 14.3 Å². The Kier molecular flexibility index (Phi) is 5.79. The highest BCUT2D eigenvalue weighted by molar-refractivity contribution is 5.73. The molecule has 0 aromatic rings. The number of hydrogen-bond acceptors (Lipinski definition) is 6. The molecule has 0 aromatic carbocycles. The van der Waals surface area contributed by atoms with Gasteiger partial charge in [-0.25, -0.2) is 0 Å². The van der Waals surface area contributed by atoms with E-state index in [0.717, 1.165) is 0 Å². The highest BCUT2D eigenvalue weighted by Gasteiger charge is 2.38. The van der Waals surface area contributed by atoms with E-state index in [1.807, 2.05) is 0 Å². The zero-order chi connectivity index (χ0) is 12.8. The Morgan fingerprint density at radius 3 is 2.88 bits per heavy atom. The Bertz CT molecular complexity index is 251. The van der Waals surface area contributed by atoms with Crippen LogP contribution in [0.3, 0.4) is 0 Å². The number of hydrogen-bond donors (Lipinski definition) is 4. The van der Waals surface area contributed by atoms with E-state index in [2.05, 4.69) is 5.32 Å². The third-order valence-electron chi connectivity index (χ3n) is 2.51. The molecular weight excluding hydrogens is 228 g/mol. The number of aliphatic hydroxyl groups excluding tert-OH is 2. The van der Waals surface area contributed by atoms with E-state index in [4.69, 9.17) is 20.3 Å². The summed E-state index contributed by atoms with van der Waals surface area (Å²) >= 11 is 0. The van der Waals surface area contributed by atoms with E-state index in [9.17, 15) is 9.90 Å². The first-order valence-electron chi connectivity index (χ1n) is 5.61. The lowest BCUT2D eigenvalue weighted by Gasteiger charge is -2.39. The predicted molar refractivity (Wildman–Crippen MR) is 59.0 cm³/mol. The Balaban J connectivity index is 2.64. The first-order valence-corrected chi connectivity index (χ1v) is 5.61. The molecule has 0 radical (unpaired) electrons. The van der Waals surface area contributed by atoms with Crippen LogP contribution in [0.2, 0.25) is 0 Å². The van der Waals surface area contributed by atoms with Crippen LogP contribution >= 0.6 is 0 Å². The SMILES string of the molecule is CC(=O)N[C@H]1[C@H](OCCN)O[C@H](CO)C[C@@H]1O. The third-order valence-corrected chi connectivity index (χ3v) is 2.51. The number of carbonyl (C=O) groups is 1. The van der Waals surface area contributed by atoms with Crippen molar-refractivity contribution < 1.29 is 24.5 Å². The van der Waals surface area contributed by atoms with Crippen molar-refractivity contribution in [2.45, 2.75) is 37.9 Å². The van der Waals surface area contributed by atoms with Gasteiger partial charge in [0.2, 0.25) is 5.91 Å². The molecule has 1 fully saturated rings. The second kappa shape index (κ2) is 6.87. The van der Waals surface area contributed by atoms with Crippen LogP contribution in [0.25, 0.3) is 0 Å². The number of ether oxygens (including phenoxy) is 2. The van der Waals surface area contributed by atoms with E-state index in [1.54, 1.807) is 0 Å². The summed E-state index contributed by atoms with van der Waals surface area (Å²) in [5.74, 6) is -0.276. The molecule has 1 heterocycles. The summed E-state index contributed by atoms with van der Waals surface area (Å²) in [6.45, 7) is 1.72. The lowest BCUT2D eigenvalue weighted by Crippen LogP contribution is -2.58. The van der Waals surface area contributed by atoms with E-state index in [1.165, 1.54) is 6.92 Å². The number of carbonyl (C=O) groups excluding carboxylic acids is 1. The number of aliphatic hydroxyl groups is 2. The summed E-state index contributed by atoms with van der Waals surface area (Å²) < 4.78 is 10.7. The Labute approximate surface area is 99.9 Å². The fourth-order valence-electron chi connectivity index (χ4n) is 1.77. The molecule has 1 amide bonds. The number of nitrogens with two attached hydrogens (primary N) is 1. The van der Waals surface area contributed by atoms with Gasteiger partial charge in [0.1, 0.15) is 6.04 Å². The van der Waals surface area contributed by atoms with Crippen molar-refractivity contribution in [2.75, 3.05) is 19.8 Å². The molecule has 100 valence electrons. The van der Waals surface area contributed by atoms with Gasteiger partial charge in [-0.15, -0.1) is 0 Å². The van der Waals surface area contributed by atoms with E-state index in [-0.39, 0.29) is 25.5 Å². The summed E-state index contributed by atoms with van der Waals surface area (Å²) in [7, 11) is 0. The Morgan fingerprint density at radius 1 is 1.65 bits per heavy atom. The molecule has 0 aromatic heterocycles. The topological polar surface area (TPSA) is 114 Å². The predicted octanol–water partition coefficient (Wildman–Crippen LogP) is -2.07. The quantitative estimate of drug-likeness (QED) is 0.444. The van der Waals surface area contributed by atoms with Crippen LogP contribution in [0, 0.1) is 0 Å². The molecular formula is C10H20N2O5. The average molecular weight is 248 g/mol. The highest BCUT2D eigenvalue weighted by atomic mass is 16.7. The summed E-state index contributed by atoms with van der Waals surface area (Å²) in [6.07, 6.45) is -1.84. The van der Waals surface area contributed by atoms with Gasteiger partial charge in [-0.1, -0.05) is 0 Å². The number of rotatable bonds is 5. The zero-order valence-corrected chi connectivity index (χ0v) is 9.83. The minimum Gasteiger partial charge on any atom is -0.394 e. The lowest BCUT2D eigenvalue weighted by molar-refractivity contribution is -0.235. The van der Waals surface area contributed by atoms with Crippen molar-refractivity contribution in [1.82, 2.24) is 5.32 Å². The van der Waals surface area contributed by atoms with Gasteiger partial charge >= 0.3 is 0 Å². The minimum absolute atomic E-state index is 0.202. The molecule has 0 aliphatic carbocycles. The van der Waals surface area contributed by atoms with Gasteiger partial charge in [-0.3, -0.25) is 4.79 Å². The molecule has 1 aliphatic rings. The fourth-order valence-corrected chi connectivity index (χ4v) is 1.77. The Morgan fingerprint density at radius 2 is 2.35 bits per heavy atom.